The molecule has 20 heavy (non-hydrogen) atoms. The Hall–Kier alpha value is -0.730. The minimum Gasteiger partial charge on any atom is -0.496 e. The van der Waals surface area contributed by atoms with Crippen molar-refractivity contribution >= 4 is 11.6 Å². The summed E-state index contributed by atoms with van der Waals surface area (Å²) < 4.78 is 5.42. The van der Waals surface area contributed by atoms with Crippen molar-refractivity contribution in [2.24, 2.45) is 17.6 Å². The number of halogens is 1. The summed E-state index contributed by atoms with van der Waals surface area (Å²) in [5, 5.41) is 0.753. The number of hydrogen-bond donors (Lipinski definition) is 1. The van der Waals surface area contributed by atoms with Crippen molar-refractivity contribution in [3.05, 3.63) is 28.8 Å². The maximum atomic E-state index is 6.47. The van der Waals surface area contributed by atoms with Crippen LogP contribution in [0.5, 0.6) is 5.75 Å². The van der Waals surface area contributed by atoms with Gasteiger partial charge in [-0.2, -0.15) is 0 Å². The summed E-state index contributed by atoms with van der Waals surface area (Å²) in [6.45, 7) is 2.29. The van der Waals surface area contributed by atoms with Crippen LogP contribution in [0.2, 0.25) is 5.02 Å². The van der Waals surface area contributed by atoms with Crippen LogP contribution in [0.15, 0.2) is 18.2 Å². The Kier molecular flexibility index (Phi) is 5.74. The Labute approximate surface area is 127 Å². The second-order valence-electron chi connectivity index (χ2n) is 6.03. The van der Waals surface area contributed by atoms with E-state index in [0.29, 0.717) is 5.92 Å². The van der Waals surface area contributed by atoms with Gasteiger partial charge >= 0.3 is 0 Å². The van der Waals surface area contributed by atoms with E-state index in [1.807, 2.05) is 18.2 Å². The van der Waals surface area contributed by atoms with Crippen LogP contribution in [0.1, 0.15) is 44.6 Å². The maximum Gasteiger partial charge on any atom is 0.122 e. The summed E-state index contributed by atoms with van der Waals surface area (Å²) in [5.74, 6) is 2.39. The number of benzene rings is 1. The molecule has 0 aromatic heterocycles. The lowest BCUT2D eigenvalue weighted by Crippen LogP contribution is -2.35. The Bertz CT molecular complexity index is 435. The minimum absolute atomic E-state index is 0.205. The number of methoxy groups -OCH3 is 1. The molecule has 1 saturated carbocycles. The highest BCUT2D eigenvalue weighted by Crippen LogP contribution is 2.34. The highest BCUT2D eigenvalue weighted by molar-refractivity contribution is 6.30. The SMILES string of the molecule is CCC1CCCC(C(N)Cc2cc(Cl)ccc2OC)C1. The second kappa shape index (κ2) is 7.33. The normalized spacial score (nSPS) is 24.4. The molecule has 2 rings (SSSR count). The van der Waals surface area contributed by atoms with Gasteiger partial charge in [0.05, 0.1) is 7.11 Å². The van der Waals surface area contributed by atoms with Crippen LogP contribution in [0.3, 0.4) is 0 Å². The summed E-state index contributed by atoms with van der Waals surface area (Å²) in [6.07, 6.45) is 7.37. The van der Waals surface area contributed by atoms with E-state index in [4.69, 9.17) is 22.1 Å². The van der Waals surface area contributed by atoms with Gasteiger partial charge in [-0.1, -0.05) is 37.8 Å². The third-order valence-electron chi connectivity index (χ3n) is 4.70. The van der Waals surface area contributed by atoms with Gasteiger partial charge < -0.3 is 10.5 Å². The van der Waals surface area contributed by atoms with E-state index in [1.165, 1.54) is 32.1 Å². The molecule has 0 radical (unpaired) electrons. The molecule has 2 nitrogen and oxygen atoms in total. The highest BCUT2D eigenvalue weighted by Gasteiger charge is 2.26. The topological polar surface area (TPSA) is 35.2 Å². The molecule has 0 heterocycles. The smallest absolute Gasteiger partial charge is 0.122 e. The number of nitrogens with two attached hydrogens (primary N) is 1. The van der Waals surface area contributed by atoms with Gasteiger partial charge in [0.25, 0.3) is 0 Å². The average molecular weight is 296 g/mol. The van der Waals surface area contributed by atoms with Gasteiger partial charge in [0.1, 0.15) is 5.75 Å². The third-order valence-corrected chi connectivity index (χ3v) is 4.94. The molecule has 3 atom stereocenters. The fourth-order valence-corrected chi connectivity index (χ4v) is 3.61. The van der Waals surface area contributed by atoms with Crippen LogP contribution >= 0.6 is 11.6 Å². The van der Waals surface area contributed by atoms with Gasteiger partial charge in [0.2, 0.25) is 0 Å². The predicted molar refractivity (Wildman–Crippen MR) is 85.4 cm³/mol. The summed E-state index contributed by atoms with van der Waals surface area (Å²) in [7, 11) is 1.70. The van der Waals surface area contributed by atoms with E-state index in [-0.39, 0.29) is 6.04 Å². The van der Waals surface area contributed by atoms with Gasteiger partial charge in [-0.15, -0.1) is 0 Å². The van der Waals surface area contributed by atoms with Crippen molar-refractivity contribution in [1.29, 1.82) is 0 Å². The fraction of sp³-hybridized carbons (Fsp3) is 0.647. The Morgan fingerprint density at radius 3 is 2.90 bits per heavy atom. The number of rotatable bonds is 5. The van der Waals surface area contributed by atoms with Crippen molar-refractivity contribution < 1.29 is 4.74 Å². The third kappa shape index (κ3) is 3.89. The number of hydrogen-bond acceptors (Lipinski definition) is 2. The molecule has 1 fully saturated rings. The molecule has 112 valence electrons. The van der Waals surface area contributed by atoms with Gasteiger partial charge in [-0.3, -0.25) is 0 Å². The quantitative estimate of drug-likeness (QED) is 0.872. The molecule has 0 aliphatic heterocycles. The van der Waals surface area contributed by atoms with Gasteiger partial charge in [-0.25, -0.2) is 0 Å². The molecule has 0 saturated heterocycles. The maximum absolute atomic E-state index is 6.47. The predicted octanol–water partition coefficient (Wildman–Crippen LogP) is 4.43. The van der Waals surface area contributed by atoms with Gasteiger partial charge in [-0.05, 0) is 54.9 Å². The Balaban J connectivity index is 2.03. The lowest BCUT2D eigenvalue weighted by atomic mass is 9.76. The van der Waals surface area contributed by atoms with Crippen LogP contribution in [0.4, 0.5) is 0 Å². The minimum atomic E-state index is 0.205. The van der Waals surface area contributed by atoms with E-state index in [1.54, 1.807) is 7.11 Å². The fourth-order valence-electron chi connectivity index (χ4n) is 3.42. The van der Waals surface area contributed by atoms with Gasteiger partial charge in [0, 0.05) is 11.1 Å². The van der Waals surface area contributed by atoms with E-state index in [0.717, 1.165) is 28.7 Å². The summed E-state index contributed by atoms with van der Waals surface area (Å²) in [4.78, 5) is 0. The molecular weight excluding hydrogens is 270 g/mol. The molecule has 1 aromatic carbocycles. The van der Waals surface area contributed by atoms with E-state index >= 15 is 0 Å². The Morgan fingerprint density at radius 2 is 2.20 bits per heavy atom. The zero-order valence-electron chi connectivity index (χ0n) is 12.6. The molecule has 3 unspecified atom stereocenters. The molecule has 0 bridgehead atoms. The monoisotopic (exact) mass is 295 g/mol. The van der Waals surface area contributed by atoms with Crippen molar-refractivity contribution in [3.63, 3.8) is 0 Å². The van der Waals surface area contributed by atoms with Crippen LogP contribution in [0.25, 0.3) is 0 Å². The Morgan fingerprint density at radius 1 is 1.40 bits per heavy atom. The highest BCUT2D eigenvalue weighted by atomic mass is 35.5. The first-order valence-electron chi connectivity index (χ1n) is 7.72. The number of ether oxygens (including phenoxy) is 1. The molecule has 1 aliphatic carbocycles. The molecule has 1 aliphatic rings. The summed E-state index contributed by atoms with van der Waals surface area (Å²) >= 11 is 6.09. The first-order valence-corrected chi connectivity index (χ1v) is 8.09. The van der Waals surface area contributed by atoms with E-state index in [9.17, 15) is 0 Å². The molecular formula is C17H26ClNO. The van der Waals surface area contributed by atoms with Crippen LogP contribution < -0.4 is 10.5 Å². The molecule has 0 amide bonds. The zero-order valence-corrected chi connectivity index (χ0v) is 13.3. The van der Waals surface area contributed by atoms with Crippen molar-refractivity contribution in [3.8, 4) is 5.75 Å². The van der Waals surface area contributed by atoms with E-state index < -0.39 is 0 Å². The summed E-state index contributed by atoms with van der Waals surface area (Å²) in [6, 6.07) is 5.99. The van der Waals surface area contributed by atoms with Crippen LogP contribution in [0, 0.1) is 11.8 Å². The first-order chi connectivity index (χ1) is 9.63. The van der Waals surface area contributed by atoms with Crippen LogP contribution in [-0.2, 0) is 6.42 Å². The lowest BCUT2D eigenvalue weighted by molar-refractivity contribution is 0.228. The average Bonchev–Trinajstić information content (AvgIpc) is 2.47. The lowest BCUT2D eigenvalue weighted by Gasteiger charge is -2.32. The van der Waals surface area contributed by atoms with Crippen molar-refractivity contribution in [2.45, 2.75) is 51.5 Å². The largest absolute Gasteiger partial charge is 0.496 e. The van der Waals surface area contributed by atoms with E-state index in [2.05, 4.69) is 6.92 Å². The molecule has 2 N–H and O–H groups in total. The van der Waals surface area contributed by atoms with Crippen molar-refractivity contribution in [1.82, 2.24) is 0 Å². The second-order valence-corrected chi connectivity index (χ2v) is 6.46. The molecule has 0 spiro atoms. The van der Waals surface area contributed by atoms with Crippen LogP contribution in [-0.4, -0.2) is 13.2 Å². The first kappa shape index (κ1) is 15.7. The van der Waals surface area contributed by atoms with Gasteiger partial charge in [0.15, 0.2) is 0 Å². The molecule has 1 aromatic rings. The standard InChI is InChI=1S/C17H26ClNO/c1-3-12-5-4-6-13(9-12)16(19)11-14-10-15(18)7-8-17(14)20-2/h7-8,10,12-13,16H,3-6,9,11,19H2,1-2H3. The zero-order chi connectivity index (χ0) is 14.5. The summed E-state index contributed by atoms with van der Waals surface area (Å²) in [5.41, 5.74) is 7.60. The molecule has 3 heteroatoms. The van der Waals surface area contributed by atoms with Crippen molar-refractivity contribution in [2.75, 3.05) is 7.11 Å².